The minimum atomic E-state index is -4.66. The molecule has 1 aliphatic rings. The van der Waals surface area contributed by atoms with Crippen molar-refractivity contribution in [1.82, 2.24) is 4.31 Å². The predicted octanol–water partition coefficient (Wildman–Crippen LogP) is 2.89. The molecule has 1 aliphatic heterocycles. The van der Waals surface area contributed by atoms with Crippen molar-refractivity contribution < 1.29 is 31.5 Å². The van der Waals surface area contributed by atoms with E-state index in [9.17, 15) is 31.5 Å². The zero-order valence-electron chi connectivity index (χ0n) is 13.2. The Balaban J connectivity index is 2.49. The van der Waals surface area contributed by atoms with Crippen molar-refractivity contribution in [2.45, 2.75) is 43.8 Å². The van der Waals surface area contributed by atoms with Gasteiger partial charge in [0.1, 0.15) is 0 Å². The van der Waals surface area contributed by atoms with Gasteiger partial charge in [0.2, 0.25) is 10.0 Å². The highest BCUT2D eigenvalue weighted by atomic mass is 32.2. The molecule has 0 spiro atoms. The van der Waals surface area contributed by atoms with Crippen molar-refractivity contribution in [2.75, 3.05) is 6.54 Å². The van der Waals surface area contributed by atoms with Gasteiger partial charge in [-0.15, -0.1) is 0 Å². The van der Waals surface area contributed by atoms with E-state index in [4.69, 9.17) is 0 Å². The first-order chi connectivity index (χ1) is 11.0. The number of aryl methyl sites for hydroxylation is 1. The molecule has 134 valence electrons. The standard InChI is InChI=1S/C15H18F3NO4S/c1-9-5-6-11(15(16,17)18)8-13(9)24(22,23)19-7-3-4-12(10(19)2)14(20)21/h5-6,8,10,12H,3-4,7H2,1-2H3,(H,20,21)/t10-,12-/m1/s1. The summed E-state index contributed by atoms with van der Waals surface area (Å²) in [6.07, 6.45) is -3.97. The monoisotopic (exact) mass is 365 g/mol. The highest BCUT2D eigenvalue weighted by Crippen LogP contribution is 2.35. The number of aliphatic carboxylic acids is 1. The van der Waals surface area contributed by atoms with Gasteiger partial charge in [0.05, 0.1) is 16.4 Å². The summed E-state index contributed by atoms with van der Waals surface area (Å²) in [5, 5.41) is 9.20. The van der Waals surface area contributed by atoms with Gasteiger partial charge in [-0.05, 0) is 44.4 Å². The van der Waals surface area contributed by atoms with Gasteiger partial charge in [-0.2, -0.15) is 17.5 Å². The Hall–Kier alpha value is -1.61. The van der Waals surface area contributed by atoms with Crippen molar-refractivity contribution in [3.63, 3.8) is 0 Å². The Labute approximate surface area is 138 Å². The van der Waals surface area contributed by atoms with Gasteiger partial charge in [0.25, 0.3) is 0 Å². The molecule has 1 heterocycles. The summed E-state index contributed by atoms with van der Waals surface area (Å²) < 4.78 is 65.3. The third-order valence-corrected chi connectivity index (χ3v) is 6.48. The number of benzene rings is 1. The van der Waals surface area contributed by atoms with E-state index in [0.717, 1.165) is 16.4 Å². The van der Waals surface area contributed by atoms with Crippen LogP contribution in [0.1, 0.15) is 30.9 Å². The van der Waals surface area contributed by atoms with Gasteiger partial charge in [-0.3, -0.25) is 4.79 Å². The first kappa shape index (κ1) is 18.7. The summed E-state index contributed by atoms with van der Waals surface area (Å²) >= 11 is 0. The topological polar surface area (TPSA) is 74.7 Å². The zero-order chi connectivity index (χ0) is 18.3. The molecule has 1 fully saturated rings. The average molecular weight is 365 g/mol. The quantitative estimate of drug-likeness (QED) is 0.894. The molecule has 1 saturated heterocycles. The van der Waals surface area contributed by atoms with Gasteiger partial charge < -0.3 is 5.11 Å². The summed E-state index contributed by atoms with van der Waals surface area (Å²) in [7, 11) is -4.22. The fourth-order valence-corrected chi connectivity index (χ4v) is 4.92. The minimum absolute atomic E-state index is 0.0863. The van der Waals surface area contributed by atoms with Crippen molar-refractivity contribution in [1.29, 1.82) is 0 Å². The Kier molecular flexibility index (Phi) is 4.96. The Morgan fingerprint density at radius 1 is 1.33 bits per heavy atom. The van der Waals surface area contributed by atoms with Crippen LogP contribution in [0.4, 0.5) is 13.2 Å². The molecule has 0 aromatic heterocycles. The molecule has 0 amide bonds. The van der Waals surface area contributed by atoms with Crippen LogP contribution in [0.5, 0.6) is 0 Å². The molecule has 0 bridgehead atoms. The number of carboxylic acids is 1. The smallest absolute Gasteiger partial charge is 0.416 e. The molecule has 0 radical (unpaired) electrons. The first-order valence-electron chi connectivity index (χ1n) is 7.38. The highest BCUT2D eigenvalue weighted by Gasteiger charge is 2.41. The van der Waals surface area contributed by atoms with E-state index >= 15 is 0 Å². The lowest BCUT2D eigenvalue weighted by atomic mass is 9.92. The summed E-state index contributed by atoms with van der Waals surface area (Å²) in [6, 6.07) is 1.73. The number of rotatable bonds is 3. The van der Waals surface area contributed by atoms with E-state index in [-0.39, 0.29) is 12.1 Å². The molecule has 0 aliphatic carbocycles. The lowest BCUT2D eigenvalue weighted by Gasteiger charge is -2.36. The van der Waals surface area contributed by atoms with Gasteiger partial charge >= 0.3 is 12.1 Å². The number of piperidine rings is 1. The van der Waals surface area contributed by atoms with Crippen LogP contribution in [-0.2, 0) is 21.0 Å². The molecule has 1 aromatic rings. The first-order valence-corrected chi connectivity index (χ1v) is 8.82. The maximum Gasteiger partial charge on any atom is 0.416 e. The lowest BCUT2D eigenvalue weighted by Crippen LogP contribution is -2.49. The molecule has 1 N–H and O–H groups in total. The van der Waals surface area contributed by atoms with Gasteiger partial charge in [-0.1, -0.05) is 6.07 Å². The lowest BCUT2D eigenvalue weighted by molar-refractivity contribution is -0.144. The summed E-state index contributed by atoms with van der Waals surface area (Å²) in [5.74, 6) is -1.98. The van der Waals surface area contributed by atoms with Crippen molar-refractivity contribution in [2.24, 2.45) is 5.92 Å². The van der Waals surface area contributed by atoms with Crippen LogP contribution in [0.3, 0.4) is 0 Å². The van der Waals surface area contributed by atoms with Crippen LogP contribution in [0.2, 0.25) is 0 Å². The van der Waals surface area contributed by atoms with E-state index in [1.807, 2.05) is 0 Å². The van der Waals surface area contributed by atoms with Gasteiger partial charge in [0, 0.05) is 12.6 Å². The van der Waals surface area contributed by atoms with Crippen LogP contribution in [0.15, 0.2) is 23.1 Å². The molecule has 0 saturated carbocycles. The number of carboxylic acid groups (broad SMARTS) is 1. The van der Waals surface area contributed by atoms with Crippen LogP contribution in [0, 0.1) is 12.8 Å². The van der Waals surface area contributed by atoms with E-state index in [1.165, 1.54) is 13.8 Å². The number of sulfonamides is 1. The minimum Gasteiger partial charge on any atom is -0.481 e. The van der Waals surface area contributed by atoms with E-state index < -0.39 is 44.6 Å². The van der Waals surface area contributed by atoms with Crippen molar-refractivity contribution in [3.05, 3.63) is 29.3 Å². The molecule has 2 atom stereocenters. The SMILES string of the molecule is Cc1ccc(C(F)(F)F)cc1S(=O)(=O)N1CCC[C@@H](C(=O)O)[C@H]1C. The van der Waals surface area contributed by atoms with Crippen molar-refractivity contribution in [3.8, 4) is 0 Å². The molecular formula is C15H18F3NO4S. The Morgan fingerprint density at radius 2 is 1.96 bits per heavy atom. The van der Waals surface area contributed by atoms with Crippen molar-refractivity contribution >= 4 is 16.0 Å². The van der Waals surface area contributed by atoms with Gasteiger partial charge in [0.15, 0.2) is 0 Å². The molecule has 0 unspecified atom stereocenters. The maximum atomic E-state index is 12.9. The highest BCUT2D eigenvalue weighted by molar-refractivity contribution is 7.89. The summed E-state index contributed by atoms with van der Waals surface area (Å²) in [6.45, 7) is 2.97. The second-order valence-electron chi connectivity index (χ2n) is 5.92. The number of hydrogen-bond donors (Lipinski definition) is 1. The summed E-state index contributed by atoms with van der Waals surface area (Å²) in [5.41, 5.74) is -0.862. The predicted molar refractivity (Wildman–Crippen MR) is 79.9 cm³/mol. The van der Waals surface area contributed by atoms with Crippen LogP contribution >= 0.6 is 0 Å². The van der Waals surface area contributed by atoms with Crippen LogP contribution < -0.4 is 0 Å². The third kappa shape index (κ3) is 3.41. The maximum absolute atomic E-state index is 12.9. The van der Waals surface area contributed by atoms with Gasteiger partial charge in [-0.25, -0.2) is 8.42 Å². The normalized spacial score (nSPS) is 23.2. The average Bonchev–Trinajstić information content (AvgIpc) is 2.45. The second-order valence-corrected chi connectivity index (χ2v) is 7.78. The number of carbonyl (C=O) groups is 1. The molecule has 2 rings (SSSR count). The Morgan fingerprint density at radius 3 is 2.50 bits per heavy atom. The third-order valence-electron chi connectivity index (χ3n) is 4.35. The molecule has 1 aromatic carbocycles. The Bertz CT molecular complexity index is 746. The number of hydrogen-bond acceptors (Lipinski definition) is 3. The fourth-order valence-electron chi connectivity index (χ4n) is 2.96. The van der Waals surface area contributed by atoms with E-state index in [2.05, 4.69) is 0 Å². The van der Waals surface area contributed by atoms with Crippen LogP contribution in [-0.4, -0.2) is 36.4 Å². The largest absolute Gasteiger partial charge is 0.481 e. The van der Waals surface area contributed by atoms with Crippen LogP contribution in [0.25, 0.3) is 0 Å². The molecule has 9 heteroatoms. The molecular weight excluding hydrogens is 347 g/mol. The van der Waals surface area contributed by atoms with E-state index in [1.54, 1.807) is 0 Å². The molecule has 5 nitrogen and oxygen atoms in total. The fraction of sp³-hybridized carbons (Fsp3) is 0.533. The second kappa shape index (κ2) is 6.36. The number of alkyl halides is 3. The number of halogens is 3. The summed E-state index contributed by atoms with van der Waals surface area (Å²) in [4.78, 5) is 10.8. The van der Waals surface area contributed by atoms with E-state index in [0.29, 0.717) is 18.9 Å². The number of nitrogens with zero attached hydrogens (tertiary/aromatic N) is 1. The molecule has 24 heavy (non-hydrogen) atoms. The zero-order valence-corrected chi connectivity index (χ0v) is 14.0.